The summed E-state index contributed by atoms with van der Waals surface area (Å²) in [5.41, 5.74) is -4.40. The Bertz CT molecular complexity index is 1210. The summed E-state index contributed by atoms with van der Waals surface area (Å²) in [6, 6.07) is 2.22. The molecular formula is C17H6Cl2F6N6S. The first-order chi connectivity index (χ1) is 14.8. The third-order valence-electron chi connectivity index (χ3n) is 3.86. The molecule has 3 aromatic rings. The van der Waals surface area contributed by atoms with Crippen molar-refractivity contribution in [3.05, 3.63) is 63.3 Å². The Morgan fingerprint density at radius 1 is 1.06 bits per heavy atom. The number of rotatable bonds is 3. The quantitative estimate of drug-likeness (QED) is 0.361. The maximum Gasteiger partial charge on any atom is 0.422 e. The highest BCUT2D eigenvalue weighted by atomic mass is 35.5. The second kappa shape index (κ2) is 8.53. The van der Waals surface area contributed by atoms with Crippen molar-refractivity contribution >= 4 is 46.2 Å². The normalized spacial score (nSPS) is 11.8. The smallest absolute Gasteiger partial charge is 0.329 e. The number of hydrogen-bond donors (Lipinski definition) is 1. The lowest BCUT2D eigenvalue weighted by Gasteiger charge is -2.16. The average molecular weight is 511 g/mol. The Morgan fingerprint density at radius 2 is 1.69 bits per heavy atom. The molecule has 32 heavy (non-hydrogen) atoms. The molecule has 1 N–H and O–H groups in total. The molecule has 0 radical (unpaired) electrons. The average Bonchev–Trinajstić information content (AvgIpc) is 3.05. The first kappa shape index (κ1) is 23.7. The van der Waals surface area contributed by atoms with Gasteiger partial charge in [0.1, 0.15) is 33.8 Å². The molecular weight excluding hydrogens is 505 g/mol. The van der Waals surface area contributed by atoms with Crippen molar-refractivity contribution in [2.24, 2.45) is 0 Å². The third kappa shape index (κ3) is 4.62. The lowest BCUT2D eigenvalue weighted by molar-refractivity contribution is -0.138. The van der Waals surface area contributed by atoms with Gasteiger partial charge >= 0.3 is 12.4 Å². The van der Waals surface area contributed by atoms with E-state index < -0.39 is 50.7 Å². The molecule has 0 aliphatic carbocycles. The molecule has 0 aliphatic heterocycles. The fourth-order valence-corrected chi connectivity index (χ4v) is 3.41. The molecule has 6 nitrogen and oxygen atoms in total. The van der Waals surface area contributed by atoms with Gasteiger partial charge in [0, 0.05) is 12.4 Å². The number of hydrogen-bond acceptors (Lipinski definition) is 5. The molecule has 0 bridgehead atoms. The van der Waals surface area contributed by atoms with Gasteiger partial charge in [0.05, 0.1) is 21.8 Å². The standard InChI is InChI=1S/C17H6Cl2F6N6S/c18-8-3-7(16(20,21)22)4-9(19)13(8)31-14(12(17(23,24)25)10(5-26)30-31)29-15(32)11-6-27-1-2-28-11/h1-4,6H,(H,29,32). The lowest BCUT2D eigenvalue weighted by Crippen LogP contribution is -2.19. The van der Waals surface area contributed by atoms with E-state index in [-0.39, 0.29) is 10.7 Å². The first-order valence-corrected chi connectivity index (χ1v) is 9.25. The number of nitrogens with zero attached hydrogens (tertiary/aromatic N) is 5. The predicted octanol–water partition coefficient (Wildman–Crippen LogP) is 5.67. The molecule has 0 aliphatic rings. The van der Waals surface area contributed by atoms with Crippen LogP contribution in [0.25, 0.3) is 5.69 Å². The molecule has 0 fully saturated rings. The third-order valence-corrected chi connectivity index (χ3v) is 4.75. The molecule has 0 spiro atoms. The van der Waals surface area contributed by atoms with E-state index in [1.807, 2.05) is 0 Å². The van der Waals surface area contributed by atoms with E-state index in [1.165, 1.54) is 18.5 Å². The Hall–Kier alpha value is -2.95. The van der Waals surface area contributed by atoms with Gasteiger partial charge in [0.25, 0.3) is 0 Å². The van der Waals surface area contributed by atoms with E-state index in [2.05, 4.69) is 20.4 Å². The largest absolute Gasteiger partial charge is 0.422 e. The summed E-state index contributed by atoms with van der Waals surface area (Å²) in [5.74, 6) is -0.895. The molecule has 2 aromatic heterocycles. The fourth-order valence-electron chi connectivity index (χ4n) is 2.56. The van der Waals surface area contributed by atoms with Gasteiger partial charge in [-0.05, 0) is 12.1 Å². The highest BCUT2D eigenvalue weighted by Gasteiger charge is 2.42. The minimum absolute atomic E-state index is 0.0218. The van der Waals surface area contributed by atoms with Crippen LogP contribution in [0.4, 0.5) is 32.2 Å². The summed E-state index contributed by atoms with van der Waals surface area (Å²) in [7, 11) is 0. The number of anilines is 1. The van der Waals surface area contributed by atoms with Crippen LogP contribution in [0.3, 0.4) is 0 Å². The summed E-state index contributed by atoms with van der Waals surface area (Å²) in [6.07, 6.45) is -6.23. The van der Waals surface area contributed by atoms with E-state index in [1.54, 1.807) is 0 Å². The number of thiocarbonyl (C=S) groups is 1. The maximum absolute atomic E-state index is 13.8. The highest BCUT2D eigenvalue weighted by molar-refractivity contribution is 7.81. The first-order valence-electron chi connectivity index (χ1n) is 8.09. The molecule has 166 valence electrons. The Balaban J connectivity index is 2.27. The van der Waals surface area contributed by atoms with Crippen LogP contribution in [-0.2, 0) is 12.4 Å². The minimum atomic E-state index is -5.10. The summed E-state index contributed by atoms with van der Waals surface area (Å²) < 4.78 is 80.9. The zero-order valence-corrected chi connectivity index (χ0v) is 17.4. The second-order valence-corrected chi connectivity index (χ2v) is 7.15. The lowest BCUT2D eigenvalue weighted by atomic mass is 10.2. The Morgan fingerprint density at radius 3 is 2.16 bits per heavy atom. The molecule has 3 rings (SSSR count). The minimum Gasteiger partial charge on any atom is -0.329 e. The van der Waals surface area contributed by atoms with Crippen molar-refractivity contribution < 1.29 is 26.3 Å². The predicted molar refractivity (Wildman–Crippen MR) is 106 cm³/mol. The van der Waals surface area contributed by atoms with Gasteiger partial charge in [0.2, 0.25) is 0 Å². The number of halogens is 8. The van der Waals surface area contributed by atoms with Crippen LogP contribution in [-0.4, -0.2) is 24.7 Å². The fraction of sp³-hybridized carbons (Fsp3) is 0.118. The molecule has 1 aromatic carbocycles. The molecule has 0 unspecified atom stereocenters. The van der Waals surface area contributed by atoms with Gasteiger partial charge < -0.3 is 5.32 Å². The number of nitriles is 1. The van der Waals surface area contributed by atoms with Crippen LogP contribution in [0.2, 0.25) is 10.0 Å². The van der Waals surface area contributed by atoms with Crippen LogP contribution in [0.15, 0.2) is 30.7 Å². The van der Waals surface area contributed by atoms with Gasteiger partial charge in [-0.1, -0.05) is 35.4 Å². The van der Waals surface area contributed by atoms with Crippen LogP contribution < -0.4 is 5.32 Å². The number of nitrogens with one attached hydrogen (secondary N) is 1. The summed E-state index contributed by atoms with van der Waals surface area (Å²) in [6.45, 7) is 0. The van der Waals surface area contributed by atoms with Crippen LogP contribution in [0, 0.1) is 11.3 Å². The molecule has 15 heteroatoms. The zero-order valence-electron chi connectivity index (χ0n) is 15.1. The molecule has 0 saturated carbocycles. The zero-order chi connectivity index (χ0) is 23.8. The van der Waals surface area contributed by atoms with Crippen molar-refractivity contribution in [1.82, 2.24) is 19.7 Å². The highest BCUT2D eigenvalue weighted by Crippen LogP contribution is 2.42. The van der Waals surface area contributed by atoms with E-state index in [4.69, 9.17) is 35.4 Å². The van der Waals surface area contributed by atoms with E-state index >= 15 is 0 Å². The van der Waals surface area contributed by atoms with Crippen molar-refractivity contribution in [1.29, 1.82) is 5.26 Å². The monoisotopic (exact) mass is 510 g/mol. The van der Waals surface area contributed by atoms with Crippen LogP contribution in [0.5, 0.6) is 0 Å². The van der Waals surface area contributed by atoms with Crippen molar-refractivity contribution in [3.63, 3.8) is 0 Å². The topological polar surface area (TPSA) is 79.4 Å². The molecule has 0 amide bonds. The Labute approximate surface area is 190 Å². The van der Waals surface area contributed by atoms with E-state index in [0.29, 0.717) is 16.8 Å². The molecule has 0 atom stereocenters. The van der Waals surface area contributed by atoms with Gasteiger partial charge in [-0.25, -0.2) is 4.68 Å². The molecule has 0 saturated heterocycles. The SMILES string of the molecule is N#Cc1nn(-c2c(Cl)cc(C(F)(F)F)cc2Cl)c(NC(=S)c2cnccn2)c1C(F)(F)F. The summed E-state index contributed by atoms with van der Waals surface area (Å²) in [4.78, 5) is 7.26. The second-order valence-electron chi connectivity index (χ2n) is 5.92. The van der Waals surface area contributed by atoms with Gasteiger partial charge in [-0.2, -0.15) is 36.7 Å². The maximum atomic E-state index is 13.8. The van der Waals surface area contributed by atoms with E-state index in [0.717, 1.165) is 6.20 Å². The Kier molecular flexibility index (Phi) is 6.32. The molecule has 2 heterocycles. The van der Waals surface area contributed by atoms with Crippen molar-refractivity contribution in [2.45, 2.75) is 12.4 Å². The van der Waals surface area contributed by atoms with Crippen LogP contribution in [0.1, 0.15) is 22.5 Å². The van der Waals surface area contributed by atoms with Crippen LogP contribution >= 0.6 is 35.4 Å². The number of aromatic nitrogens is 4. The number of benzene rings is 1. The van der Waals surface area contributed by atoms with Gasteiger partial charge in [-0.15, -0.1) is 0 Å². The summed E-state index contributed by atoms with van der Waals surface area (Å²) >= 11 is 16.9. The van der Waals surface area contributed by atoms with E-state index in [9.17, 15) is 31.6 Å². The van der Waals surface area contributed by atoms with Gasteiger partial charge in [0.15, 0.2) is 5.69 Å². The van der Waals surface area contributed by atoms with Crippen molar-refractivity contribution in [3.8, 4) is 11.8 Å². The van der Waals surface area contributed by atoms with Crippen molar-refractivity contribution in [2.75, 3.05) is 5.32 Å². The number of alkyl halides is 6. The summed E-state index contributed by atoms with van der Waals surface area (Å²) in [5, 5.41) is 13.7. The van der Waals surface area contributed by atoms with Gasteiger partial charge in [-0.3, -0.25) is 9.97 Å².